The lowest BCUT2D eigenvalue weighted by molar-refractivity contribution is -0.145. The van der Waals surface area contributed by atoms with Crippen LogP contribution in [-0.4, -0.2) is 34.4 Å². The molecule has 0 spiro atoms. The molecule has 17 heavy (non-hydrogen) atoms. The number of benzene rings is 1. The van der Waals surface area contributed by atoms with Gasteiger partial charge >= 0.3 is 0 Å². The van der Waals surface area contributed by atoms with Crippen molar-refractivity contribution in [3.8, 4) is 5.75 Å². The molecular weight excluding hydrogens is 220 g/mol. The van der Waals surface area contributed by atoms with Crippen molar-refractivity contribution in [3.05, 3.63) is 29.8 Å². The van der Waals surface area contributed by atoms with Crippen molar-refractivity contribution in [1.82, 2.24) is 10.2 Å². The van der Waals surface area contributed by atoms with E-state index in [1.807, 2.05) is 0 Å². The second-order valence-corrected chi connectivity index (χ2v) is 4.08. The second kappa shape index (κ2) is 4.45. The van der Waals surface area contributed by atoms with Crippen LogP contribution in [0.5, 0.6) is 5.75 Å². The molecule has 90 valence electrons. The van der Waals surface area contributed by atoms with E-state index in [0.717, 1.165) is 5.56 Å². The molecule has 2 amide bonds. The zero-order valence-electron chi connectivity index (χ0n) is 9.51. The second-order valence-electron chi connectivity index (χ2n) is 4.08. The molecule has 1 heterocycles. The Morgan fingerprint density at radius 3 is 2.65 bits per heavy atom. The number of nitrogens with one attached hydrogen (secondary N) is 1. The smallest absolute Gasteiger partial charge is 0.242 e. The molecule has 1 unspecified atom stereocenters. The molecule has 0 saturated carbocycles. The van der Waals surface area contributed by atoms with E-state index >= 15 is 0 Å². The minimum Gasteiger partial charge on any atom is -0.508 e. The fraction of sp³-hybridized carbons (Fsp3) is 0.333. The third-order valence-electron chi connectivity index (χ3n) is 2.87. The summed E-state index contributed by atoms with van der Waals surface area (Å²) in [6, 6.07) is 6.15. The topological polar surface area (TPSA) is 69.6 Å². The minimum atomic E-state index is -0.454. The molecule has 1 aliphatic heterocycles. The van der Waals surface area contributed by atoms with Gasteiger partial charge in [0.15, 0.2) is 0 Å². The summed E-state index contributed by atoms with van der Waals surface area (Å²) < 4.78 is 0. The van der Waals surface area contributed by atoms with Gasteiger partial charge in [-0.2, -0.15) is 0 Å². The summed E-state index contributed by atoms with van der Waals surface area (Å²) in [6.45, 7) is 2.14. The van der Waals surface area contributed by atoms with Crippen LogP contribution in [-0.2, 0) is 16.1 Å². The Morgan fingerprint density at radius 2 is 2.00 bits per heavy atom. The first-order chi connectivity index (χ1) is 8.08. The number of nitrogens with zero attached hydrogens (tertiary/aromatic N) is 1. The molecule has 5 nitrogen and oxygen atoms in total. The zero-order valence-corrected chi connectivity index (χ0v) is 9.51. The van der Waals surface area contributed by atoms with Crippen molar-refractivity contribution in [1.29, 1.82) is 0 Å². The number of carbonyl (C=O) groups excluding carboxylic acids is 2. The molecule has 1 aromatic rings. The SMILES string of the molecule is CC1C(=O)NCC(=O)N1Cc1ccc(O)cc1. The Balaban J connectivity index is 2.13. The van der Waals surface area contributed by atoms with Crippen LogP contribution >= 0.6 is 0 Å². The van der Waals surface area contributed by atoms with Crippen LogP contribution in [0, 0.1) is 0 Å². The van der Waals surface area contributed by atoms with Gasteiger partial charge in [0.05, 0.1) is 6.54 Å². The molecule has 0 aliphatic carbocycles. The van der Waals surface area contributed by atoms with E-state index < -0.39 is 6.04 Å². The van der Waals surface area contributed by atoms with Crippen LogP contribution in [0.3, 0.4) is 0 Å². The molecule has 2 rings (SSSR count). The number of aromatic hydroxyl groups is 1. The van der Waals surface area contributed by atoms with Crippen LogP contribution in [0.25, 0.3) is 0 Å². The fourth-order valence-corrected chi connectivity index (χ4v) is 1.79. The Bertz CT molecular complexity index is 442. The number of phenolic OH excluding ortho intramolecular Hbond substituents is 1. The highest BCUT2D eigenvalue weighted by Gasteiger charge is 2.30. The number of hydrogen-bond acceptors (Lipinski definition) is 3. The lowest BCUT2D eigenvalue weighted by Crippen LogP contribution is -2.56. The Hall–Kier alpha value is -2.04. The lowest BCUT2D eigenvalue weighted by Gasteiger charge is -2.32. The Labute approximate surface area is 99.0 Å². The van der Waals surface area contributed by atoms with Gasteiger partial charge in [0.25, 0.3) is 0 Å². The van der Waals surface area contributed by atoms with Crippen molar-refractivity contribution in [2.75, 3.05) is 6.54 Å². The van der Waals surface area contributed by atoms with E-state index in [1.165, 1.54) is 4.90 Å². The van der Waals surface area contributed by atoms with E-state index in [9.17, 15) is 9.59 Å². The van der Waals surface area contributed by atoms with Crippen molar-refractivity contribution < 1.29 is 14.7 Å². The average Bonchev–Trinajstić information content (AvgIpc) is 2.32. The van der Waals surface area contributed by atoms with E-state index in [4.69, 9.17) is 5.11 Å². The standard InChI is InChI=1S/C12H14N2O3/c1-8-12(17)13-6-11(16)14(8)7-9-2-4-10(15)5-3-9/h2-5,8,15H,6-7H2,1H3,(H,13,17). The quantitative estimate of drug-likeness (QED) is 0.770. The molecule has 1 fully saturated rings. The van der Waals surface area contributed by atoms with E-state index in [1.54, 1.807) is 31.2 Å². The van der Waals surface area contributed by atoms with Gasteiger partial charge in [0.2, 0.25) is 11.8 Å². The maximum Gasteiger partial charge on any atom is 0.242 e. The van der Waals surface area contributed by atoms with Crippen LogP contribution in [0.4, 0.5) is 0 Å². The number of phenols is 1. The van der Waals surface area contributed by atoms with Gasteiger partial charge in [-0.25, -0.2) is 0 Å². The molecule has 5 heteroatoms. The highest BCUT2D eigenvalue weighted by atomic mass is 16.3. The predicted molar refractivity (Wildman–Crippen MR) is 61.1 cm³/mol. The molecule has 1 atom stereocenters. The largest absolute Gasteiger partial charge is 0.508 e. The van der Waals surface area contributed by atoms with E-state index in [0.29, 0.717) is 6.54 Å². The van der Waals surface area contributed by atoms with Crippen molar-refractivity contribution >= 4 is 11.8 Å². The number of carbonyl (C=O) groups is 2. The van der Waals surface area contributed by atoms with E-state index in [2.05, 4.69) is 5.32 Å². The molecule has 0 radical (unpaired) electrons. The summed E-state index contributed by atoms with van der Waals surface area (Å²) >= 11 is 0. The van der Waals surface area contributed by atoms with Crippen LogP contribution in [0.1, 0.15) is 12.5 Å². The fourth-order valence-electron chi connectivity index (χ4n) is 1.79. The highest BCUT2D eigenvalue weighted by molar-refractivity contribution is 5.94. The lowest BCUT2D eigenvalue weighted by atomic mass is 10.1. The first kappa shape index (κ1) is 11.4. The predicted octanol–water partition coefficient (Wildman–Crippen LogP) is 0.239. The third kappa shape index (κ3) is 2.38. The molecule has 1 aromatic carbocycles. The first-order valence-electron chi connectivity index (χ1n) is 5.43. The summed E-state index contributed by atoms with van der Waals surface area (Å²) in [5.41, 5.74) is 0.887. The number of rotatable bonds is 2. The van der Waals surface area contributed by atoms with Crippen LogP contribution in [0.15, 0.2) is 24.3 Å². The average molecular weight is 234 g/mol. The van der Waals surface area contributed by atoms with Gasteiger partial charge in [-0.05, 0) is 24.6 Å². The minimum absolute atomic E-state index is 0.0568. The normalized spacial score (nSPS) is 20.3. The highest BCUT2D eigenvalue weighted by Crippen LogP contribution is 2.14. The summed E-state index contributed by atoms with van der Waals surface area (Å²) in [6.07, 6.45) is 0. The number of hydrogen-bond donors (Lipinski definition) is 2. The summed E-state index contributed by atoms with van der Waals surface area (Å²) in [5, 5.41) is 11.7. The molecule has 2 N–H and O–H groups in total. The molecule has 0 aromatic heterocycles. The first-order valence-corrected chi connectivity index (χ1v) is 5.43. The van der Waals surface area contributed by atoms with Gasteiger partial charge in [-0.1, -0.05) is 12.1 Å². The molecular formula is C12H14N2O3. The summed E-state index contributed by atoms with van der Waals surface area (Å²) in [4.78, 5) is 24.7. The molecule has 0 bridgehead atoms. The maximum absolute atomic E-state index is 11.7. The zero-order chi connectivity index (χ0) is 12.4. The summed E-state index contributed by atoms with van der Waals surface area (Å²) in [5.74, 6) is -0.0435. The number of piperazine rings is 1. The van der Waals surface area contributed by atoms with Gasteiger partial charge in [0.1, 0.15) is 11.8 Å². The maximum atomic E-state index is 11.7. The molecule has 1 aliphatic rings. The van der Waals surface area contributed by atoms with Crippen LogP contribution in [0.2, 0.25) is 0 Å². The third-order valence-corrected chi connectivity index (χ3v) is 2.87. The Kier molecular flexibility index (Phi) is 2.99. The van der Waals surface area contributed by atoms with Crippen molar-refractivity contribution in [2.45, 2.75) is 19.5 Å². The molecule has 1 saturated heterocycles. The van der Waals surface area contributed by atoms with Gasteiger partial charge in [-0.3, -0.25) is 9.59 Å². The summed E-state index contributed by atoms with van der Waals surface area (Å²) in [7, 11) is 0. The van der Waals surface area contributed by atoms with E-state index in [-0.39, 0.29) is 24.1 Å². The van der Waals surface area contributed by atoms with Gasteiger partial charge in [0, 0.05) is 6.54 Å². The van der Waals surface area contributed by atoms with Gasteiger partial charge in [-0.15, -0.1) is 0 Å². The van der Waals surface area contributed by atoms with Gasteiger partial charge < -0.3 is 15.3 Å². The Morgan fingerprint density at radius 1 is 1.35 bits per heavy atom. The van der Waals surface area contributed by atoms with Crippen LogP contribution < -0.4 is 5.32 Å². The van der Waals surface area contributed by atoms with Crippen molar-refractivity contribution in [2.24, 2.45) is 0 Å². The van der Waals surface area contributed by atoms with Crippen molar-refractivity contribution in [3.63, 3.8) is 0 Å². The number of amides is 2. The monoisotopic (exact) mass is 234 g/mol.